The maximum atomic E-state index is 12.5. The smallest absolute Gasteiger partial charge is 0.243 e. The van der Waals surface area contributed by atoms with Gasteiger partial charge in [0.25, 0.3) is 0 Å². The van der Waals surface area contributed by atoms with E-state index in [4.69, 9.17) is 9.47 Å². The van der Waals surface area contributed by atoms with Crippen LogP contribution in [0.15, 0.2) is 28.5 Å². The molecule has 3 rings (SSSR count). The first kappa shape index (κ1) is 14.3. The van der Waals surface area contributed by atoms with Gasteiger partial charge in [0.15, 0.2) is 11.5 Å². The van der Waals surface area contributed by atoms with Crippen molar-refractivity contribution in [2.45, 2.75) is 18.4 Å². The molecule has 0 N–H and O–H groups in total. The first-order valence-corrected chi connectivity index (χ1v) is 8.56. The molecule has 112 valence electrons. The van der Waals surface area contributed by atoms with E-state index < -0.39 is 10.0 Å². The summed E-state index contributed by atoms with van der Waals surface area (Å²) < 4.78 is 36.8. The molecule has 1 aliphatic heterocycles. The van der Waals surface area contributed by atoms with Crippen molar-refractivity contribution in [1.29, 1.82) is 0 Å². The van der Waals surface area contributed by atoms with Crippen LogP contribution < -0.4 is 9.47 Å². The first-order chi connectivity index (χ1) is 9.96. The molecule has 0 saturated carbocycles. The zero-order valence-electron chi connectivity index (χ0n) is 11.6. The highest BCUT2D eigenvalue weighted by Crippen LogP contribution is 2.34. The van der Waals surface area contributed by atoms with Gasteiger partial charge < -0.3 is 9.47 Å². The first-order valence-electron chi connectivity index (χ1n) is 6.24. The molecular weight excluding hydrogens is 312 g/mol. The number of aryl methyl sites for hydroxylation is 1. The molecule has 0 unspecified atom stereocenters. The normalized spacial score (nSPS) is 13.9. The molecule has 0 bridgehead atoms. The highest BCUT2D eigenvalue weighted by Gasteiger charge is 2.24. The average molecular weight is 326 g/mol. The predicted octanol–water partition coefficient (Wildman–Crippen LogP) is 2.00. The Morgan fingerprint density at radius 3 is 2.81 bits per heavy atom. The Bertz CT molecular complexity index is 770. The number of hydrogen-bond acceptors (Lipinski definition) is 6. The van der Waals surface area contributed by atoms with E-state index in [2.05, 4.69) is 4.98 Å². The van der Waals surface area contributed by atoms with Gasteiger partial charge in [-0.2, -0.15) is 4.31 Å². The summed E-state index contributed by atoms with van der Waals surface area (Å²) in [6.45, 7) is 2.24. The zero-order chi connectivity index (χ0) is 15.0. The number of aromatic nitrogens is 1. The van der Waals surface area contributed by atoms with Crippen molar-refractivity contribution in [3.8, 4) is 11.5 Å². The summed E-state index contributed by atoms with van der Waals surface area (Å²) in [6.07, 6.45) is 0. The molecule has 21 heavy (non-hydrogen) atoms. The fourth-order valence-electron chi connectivity index (χ4n) is 2.01. The molecule has 0 atom stereocenters. The topological polar surface area (TPSA) is 68.7 Å². The van der Waals surface area contributed by atoms with Crippen LogP contribution in [0, 0.1) is 6.92 Å². The molecule has 0 amide bonds. The van der Waals surface area contributed by atoms with Crippen molar-refractivity contribution in [3.63, 3.8) is 0 Å². The number of ether oxygens (including phenoxy) is 2. The van der Waals surface area contributed by atoms with Crippen molar-refractivity contribution in [3.05, 3.63) is 34.3 Å². The molecule has 0 fully saturated rings. The Kier molecular flexibility index (Phi) is 3.60. The van der Waals surface area contributed by atoms with E-state index >= 15 is 0 Å². The van der Waals surface area contributed by atoms with E-state index in [-0.39, 0.29) is 18.2 Å². The third-order valence-electron chi connectivity index (χ3n) is 3.10. The lowest BCUT2D eigenvalue weighted by Gasteiger charge is -2.16. The minimum Gasteiger partial charge on any atom is -0.454 e. The van der Waals surface area contributed by atoms with Crippen molar-refractivity contribution >= 4 is 21.4 Å². The number of thiazole rings is 1. The fourth-order valence-corrected chi connectivity index (χ4v) is 3.77. The van der Waals surface area contributed by atoms with Gasteiger partial charge in [0.05, 0.1) is 22.1 Å². The van der Waals surface area contributed by atoms with Gasteiger partial charge in [-0.3, -0.25) is 0 Å². The van der Waals surface area contributed by atoms with Crippen molar-refractivity contribution in [1.82, 2.24) is 9.29 Å². The van der Waals surface area contributed by atoms with Gasteiger partial charge >= 0.3 is 0 Å². The van der Waals surface area contributed by atoms with E-state index in [1.165, 1.54) is 34.8 Å². The van der Waals surface area contributed by atoms with Crippen LogP contribution in [-0.4, -0.2) is 31.5 Å². The quantitative estimate of drug-likeness (QED) is 0.859. The highest BCUT2D eigenvalue weighted by atomic mass is 32.2. The summed E-state index contributed by atoms with van der Waals surface area (Å²) >= 11 is 1.50. The van der Waals surface area contributed by atoms with Gasteiger partial charge in [-0.25, -0.2) is 13.4 Å². The summed E-state index contributed by atoms with van der Waals surface area (Å²) in [4.78, 5) is 4.47. The Morgan fingerprint density at radius 1 is 1.33 bits per heavy atom. The number of rotatable bonds is 4. The standard InChI is InChI=1S/C13H14N2O4S2/c1-9-14-10(7-20-9)6-15(2)21(16,17)11-3-4-12-13(5-11)19-8-18-12/h3-5,7H,6,8H2,1-2H3. The summed E-state index contributed by atoms with van der Waals surface area (Å²) in [6, 6.07) is 4.61. The van der Waals surface area contributed by atoms with E-state index in [0.29, 0.717) is 11.5 Å². The molecule has 0 saturated heterocycles. The Labute approximate surface area is 127 Å². The Balaban J connectivity index is 1.85. The summed E-state index contributed by atoms with van der Waals surface area (Å²) in [7, 11) is -2.05. The fraction of sp³-hybridized carbons (Fsp3) is 0.308. The minimum absolute atomic E-state index is 0.118. The number of fused-ring (bicyclic) bond motifs is 1. The largest absolute Gasteiger partial charge is 0.454 e. The van der Waals surface area contributed by atoms with E-state index in [1.807, 2.05) is 12.3 Å². The monoisotopic (exact) mass is 326 g/mol. The molecule has 0 aliphatic carbocycles. The van der Waals surface area contributed by atoms with Crippen LogP contribution in [0.2, 0.25) is 0 Å². The highest BCUT2D eigenvalue weighted by molar-refractivity contribution is 7.89. The summed E-state index contributed by atoms with van der Waals surface area (Å²) in [5.74, 6) is 1.01. The van der Waals surface area contributed by atoms with Crippen LogP contribution in [0.1, 0.15) is 10.7 Å². The molecule has 1 aromatic heterocycles. The maximum Gasteiger partial charge on any atom is 0.243 e. The van der Waals surface area contributed by atoms with Crippen LogP contribution in [0.3, 0.4) is 0 Å². The summed E-state index contributed by atoms with van der Waals surface area (Å²) in [5.41, 5.74) is 0.740. The molecule has 1 aromatic carbocycles. The predicted molar refractivity (Wildman–Crippen MR) is 78.1 cm³/mol. The van der Waals surface area contributed by atoms with Gasteiger partial charge in [0.1, 0.15) is 0 Å². The lowest BCUT2D eigenvalue weighted by atomic mass is 10.3. The number of benzene rings is 1. The number of sulfonamides is 1. The van der Waals surface area contributed by atoms with Gasteiger partial charge in [-0.1, -0.05) is 0 Å². The Morgan fingerprint density at radius 2 is 2.10 bits per heavy atom. The van der Waals surface area contributed by atoms with Gasteiger partial charge in [-0.05, 0) is 19.1 Å². The van der Waals surface area contributed by atoms with E-state index in [0.717, 1.165) is 10.7 Å². The van der Waals surface area contributed by atoms with Crippen LogP contribution in [0.4, 0.5) is 0 Å². The van der Waals surface area contributed by atoms with Crippen molar-refractivity contribution in [2.24, 2.45) is 0 Å². The minimum atomic E-state index is -3.59. The Hall–Kier alpha value is -1.64. The van der Waals surface area contributed by atoms with Gasteiger partial charge in [0.2, 0.25) is 16.8 Å². The number of nitrogens with zero attached hydrogens (tertiary/aromatic N) is 2. The van der Waals surface area contributed by atoms with Gasteiger partial charge in [-0.15, -0.1) is 11.3 Å². The van der Waals surface area contributed by atoms with Crippen LogP contribution in [0.5, 0.6) is 11.5 Å². The molecule has 0 radical (unpaired) electrons. The second-order valence-electron chi connectivity index (χ2n) is 4.63. The molecule has 6 nitrogen and oxygen atoms in total. The third-order valence-corrected chi connectivity index (χ3v) is 5.73. The molecule has 0 spiro atoms. The molecule has 2 heterocycles. The molecule has 2 aromatic rings. The zero-order valence-corrected chi connectivity index (χ0v) is 13.2. The molecule has 1 aliphatic rings. The SMILES string of the molecule is Cc1nc(CN(C)S(=O)(=O)c2ccc3c(c2)OCO3)cs1. The van der Waals surface area contributed by atoms with Crippen molar-refractivity contribution in [2.75, 3.05) is 13.8 Å². The molecule has 8 heteroatoms. The van der Waals surface area contributed by atoms with Gasteiger partial charge in [0, 0.05) is 18.5 Å². The van der Waals surface area contributed by atoms with E-state index in [9.17, 15) is 8.42 Å². The summed E-state index contributed by atoms with van der Waals surface area (Å²) in [5, 5.41) is 2.78. The lowest BCUT2D eigenvalue weighted by molar-refractivity contribution is 0.174. The average Bonchev–Trinajstić information content (AvgIpc) is 3.06. The lowest BCUT2D eigenvalue weighted by Crippen LogP contribution is -2.26. The van der Waals surface area contributed by atoms with Crippen LogP contribution in [-0.2, 0) is 16.6 Å². The second-order valence-corrected chi connectivity index (χ2v) is 7.74. The number of hydrogen-bond donors (Lipinski definition) is 0. The molecular formula is C13H14N2O4S2. The van der Waals surface area contributed by atoms with Crippen LogP contribution >= 0.6 is 11.3 Å². The van der Waals surface area contributed by atoms with Crippen molar-refractivity contribution < 1.29 is 17.9 Å². The maximum absolute atomic E-state index is 12.5. The second kappa shape index (κ2) is 5.28. The van der Waals surface area contributed by atoms with E-state index in [1.54, 1.807) is 6.07 Å². The third kappa shape index (κ3) is 2.74. The van der Waals surface area contributed by atoms with Crippen LogP contribution in [0.25, 0.3) is 0 Å².